The average molecular weight is 576 g/mol. The lowest BCUT2D eigenvalue weighted by molar-refractivity contribution is -0.134. The second kappa shape index (κ2) is 14.7. The van der Waals surface area contributed by atoms with E-state index in [1.807, 2.05) is 36.4 Å². The predicted molar refractivity (Wildman–Crippen MR) is 151 cm³/mol. The van der Waals surface area contributed by atoms with Gasteiger partial charge in [0.15, 0.2) is 5.78 Å². The zero-order valence-electron chi connectivity index (χ0n) is 21.4. The highest BCUT2D eigenvalue weighted by Gasteiger charge is 2.26. The van der Waals surface area contributed by atoms with Gasteiger partial charge in [-0.1, -0.05) is 35.3 Å². The van der Waals surface area contributed by atoms with Crippen molar-refractivity contribution in [2.45, 2.75) is 25.7 Å². The molecule has 2 heterocycles. The van der Waals surface area contributed by atoms with Gasteiger partial charge in [-0.2, -0.15) is 0 Å². The van der Waals surface area contributed by atoms with E-state index in [-0.39, 0.29) is 11.7 Å². The number of piperazine rings is 1. The number of carboxylic acid groups (broad SMARTS) is 2. The molecule has 1 fully saturated rings. The smallest absolute Gasteiger partial charge is 0.328 e. The molecule has 4 rings (SSSR count). The van der Waals surface area contributed by atoms with Crippen molar-refractivity contribution in [2.75, 3.05) is 49.1 Å². The predicted octanol–water partition coefficient (Wildman–Crippen LogP) is 4.62. The molecule has 2 N–H and O–H groups in total. The number of halogens is 2. The first-order chi connectivity index (χ1) is 18.6. The number of amides is 1. The molecule has 2 aromatic rings. The van der Waals surface area contributed by atoms with Crippen molar-refractivity contribution < 1.29 is 29.4 Å². The van der Waals surface area contributed by atoms with E-state index in [1.165, 1.54) is 0 Å². The van der Waals surface area contributed by atoms with E-state index in [9.17, 15) is 19.2 Å². The average Bonchev–Trinajstić information content (AvgIpc) is 3.02. The van der Waals surface area contributed by atoms with Crippen LogP contribution in [-0.4, -0.2) is 78.0 Å². The van der Waals surface area contributed by atoms with Crippen LogP contribution in [0.2, 0.25) is 10.0 Å². The summed E-state index contributed by atoms with van der Waals surface area (Å²) < 4.78 is 0. The van der Waals surface area contributed by atoms with E-state index in [1.54, 1.807) is 11.0 Å². The molecule has 9 nitrogen and oxygen atoms in total. The van der Waals surface area contributed by atoms with Gasteiger partial charge in [0.05, 0.1) is 5.69 Å². The number of rotatable bonds is 8. The van der Waals surface area contributed by atoms with Gasteiger partial charge in [-0.15, -0.1) is 0 Å². The number of ketones is 1. The Morgan fingerprint density at radius 2 is 1.41 bits per heavy atom. The summed E-state index contributed by atoms with van der Waals surface area (Å²) in [5.74, 6) is -2.41. The monoisotopic (exact) mass is 575 g/mol. The Morgan fingerprint density at radius 3 is 2.03 bits per heavy atom. The van der Waals surface area contributed by atoms with Crippen LogP contribution < -0.4 is 9.80 Å². The topological polar surface area (TPSA) is 118 Å². The molecular formula is C28H31Cl2N3O6. The number of anilines is 2. The Kier molecular flexibility index (Phi) is 11.3. The lowest BCUT2D eigenvalue weighted by Gasteiger charge is -2.36. The van der Waals surface area contributed by atoms with E-state index in [0.717, 1.165) is 56.9 Å². The Bertz CT molecular complexity index is 1190. The normalized spacial score (nSPS) is 15.9. The number of nitrogens with zero attached hydrogens (tertiary/aromatic N) is 3. The first-order valence-electron chi connectivity index (χ1n) is 12.6. The summed E-state index contributed by atoms with van der Waals surface area (Å²) in [7, 11) is 0. The van der Waals surface area contributed by atoms with E-state index in [0.29, 0.717) is 47.1 Å². The Balaban J connectivity index is 0.000000459. The summed E-state index contributed by atoms with van der Waals surface area (Å²) in [6.45, 7) is 5.53. The highest BCUT2D eigenvalue weighted by Crippen LogP contribution is 2.28. The molecule has 0 aromatic heterocycles. The molecule has 1 amide bonds. The van der Waals surface area contributed by atoms with Gasteiger partial charge in [0.25, 0.3) is 0 Å². The number of benzene rings is 2. The van der Waals surface area contributed by atoms with Crippen LogP contribution in [0, 0.1) is 0 Å². The molecule has 2 aliphatic heterocycles. The van der Waals surface area contributed by atoms with Crippen LogP contribution >= 0.6 is 23.2 Å². The molecule has 1 saturated heterocycles. The number of hydrogen-bond donors (Lipinski definition) is 2. The number of carboxylic acids is 2. The number of carbonyl (C=O) groups excluding carboxylic acids is 2. The summed E-state index contributed by atoms with van der Waals surface area (Å²) in [6.07, 6.45) is 3.64. The standard InChI is InChI=1S/C24H27Cl2N3O2.C4H4O4/c25-18-15-19(26)17-20(16-18)28-13-11-27(12-14-28)9-3-4-10-29-22-6-2-1-5-21(22)23(30)7-8-24(29)31;5-3(6)1-2-4(7)8/h1-2,5-6,15-17H,3-4,7-14H2;1-2H,(H,5,6)(H,7,8). The summed E-state index contributed by atoms with van der Waals surface area (Å²) in [4.78, 5) is 50.6. The minimum atomic E-state index is -1.26. The maximum atomic E-state index is 12.6. The quantitative estimate of drug-likeness (QED) is 0.346. The molecule has 208 valence electrons. The largest absolute Gasteiger partial charge is 0.478 e. The molecular weight excluding hydrogens is 545 g/mol. The highest BCUT2D eigenvalue weighted by atomic mass is 35.5. The lowest BCUT2D eigenvalue weighted by atomic mass is 10.1. The molecule has 11 heteroatoms. The van der Waals surface area contributed by atoms with E-state index in [2.05, 4.69) is 9.80 Å². The third-order valence-corrected chi connectivity index (χ3v) is 6.86. The van der Waals surface area contributed by atoms with Crippen LogP contribution in [0.15, 0.2) is 54.6 Å². The second-order valence-corrected chi connectivity index (χ2v) is 10.0. The van der Waals surface area contributed by atoms with Gasteiger partial charge < -0.3 is 20.0 Å². The van der Waals surface area contributed by atoms with Crippen molar-refractivity contribution in [3.05, 3.63) is 70.2 Å². The first kappa shape index (κ1) is 30.1. The Morgan fingerprint density at radius 1 is 0.821 bits per heavy atom. The van der Waals surface area contributed by atoms with Crippen molar-refractivity contribution in [2.24, 2.45) is 0 Å². The maximum Gasteiger partial charge on any atom is 0.328 e. The summed E-state index contributed by atoms with van der Waals surface area (Å²) in [5, 5.41) is 17.0. The third-order valence-electron chi connectivity index (χ3n) is 6.42. The van der Waals surface area contributed by atoms with Crippen LogP contribution in [0.4, 0.5) is 11.4 Å². The fourth-order valence-electron chi connectivity index (χ4n) is 4.51. The van der Waals surface area contributed by atoms with E-state index in [4.69, 9.17) is 33.4 Å². The number of unbranched alkanes of at least 4 members (excludes halogenated alkanes) is 1. The van der Waals surface area contributed by atoms with Gasteiger partial charge in [-0.3, -0.25) is 14.5 Å². The SMILES string of the molecule is O=C(O)C=CC(=O)O.O=C1CCC(=O)N(CCCCN2CCN(c3cc(Cl)cc(Cl)c3)CC2)c2ccccc21. The number of para-hydroxylation sites is 1. The Hall–Kier alpha value is -3.40. The zero-order chi connectivity index (χ0) is 28.4. The zero-order valence-corrected chi connectivity index (χ0v) is 22.9. The summed E-state index contributed by atoms with van der Waals surface area (Å²) in [5.41, 5.74) is 2.51. The summed E-state index contributed by atoms with van der Waals surface area (Å²) >= 11 is 12.3. The van der Waals surface area contributed by atoms with E-state index >= 15 is 0 Å². The molecule has 39 heavy (non-hydrogen) atoms. The van der Waals surface area contributed by atoms with Crippen LogP contribution in [0.5, 0.6) is 0 Å². The first-order valence-corrected chi connectivity index (χ1v) is 13.4. The third kappa shape index (κ3) is 9.38. The Labute approximate surface area is 237 Å². The van der Waals surface area contributed by atoms with Crippen molar-refractivity contribution in [3.63, 3.8) is 0 Å². The number of carbonyl (C=O) groups is 4. The molecule has 0 spiro atoms. The number of hydrogen-bond acceptors (Lipinski definition) is 6. The lowest BCUT2D eigenvalue weighted by Crippen LogP contribution is -2.46. The van der Waals surface area contributed by atoms with Crippen molar-refractivity contribution in [3.8, 4) is 0 Å². The maximum absolute atomic E-state index is 12.6. The highest BCUT2D eigenvalue weighted by molar-refractivity contribution is 6.35. The van der Waals surface area contributed by atoms with Gasteiger partial charge >= 0.3 is 11.9 Å². The van der Waals surface area contributed by atoms with Crippen LogP contribution in [0.3, 0.4) is 0 Å². The van der Waals surface area contributed by atoms with Gasteiger partial charge in [0.1, 0.15) is 0 Å². The van der Waals surface area contributed by atoms with Crippen LogP contribution in [0.25, 0.3) is 0 Å². The second-order valence-electron chi connectivity index (χ2n) is 9.16. The minimum Gasteiger partial charge on any atom is -0.478 e. The molecule has 0 aliphatic carbocycles. The van der Waals surface area contributed by atoms with Gasteiger partial charge in [-0.05, 0) is 49.7 Å². The van der Waals surface area contributed by atoms with Crippen LogP contribution in [-0.2, 0) is 14.4 Å². The fraction of sp³-hybridized carbons (Fsp3) is 0.357. The molecule has 0 bridgehead atoms. The molecule has 0 unspecified atom stereocenters. The molecule has 0 radical (unpaired) electrons. The van der Waals surface area contributed by atoms with Crippen LogP contribution in [0.1, 0.15) is 36.0 Å². The fourth-order valence-corrected chi connectivity index (χ4v) is 5.03. The molecule has 2 aromatic carbocycles. The summed E-state index contributed by atoms with van der Waals surface area (Å²) in [6, 6.07) is 13.2. The number of aliphatic carboxylic acids is 2. The van der Waals surface area contributed by atoms with Gasteiger partial charge in [0.2, 0.25) is 5.91 Å². The van der Waals surface area contributed by atoms with Gasteiger partial charge in [0, 0.05) is 79.0 Å². The van der Waals surface area contributed by atoms with Crippen molar-refractivity contribution in [1.29, 1.82) is 0 Å². The number of Topliss-reactive ketones (excluding diaryl/α,β-unsaturated/α-hetero) is 1. The van der Waals surface area contributed by atoms with Crippen molar-refractivity contribution in [1.82, 2.24) is 4.90 Å². The molecule has 2 aliphatic rings. The van der Waals surface area contributed by atoms with Gasteiger partial charge in [-0.25, -0.2) is 9.59 Å². The number of fused-ring (bicyclic) bond motifs is 1. The van der Waals surface area contributed by atoms with Crippen molar-refractivity contribution >= 4 is 58.2 Å². The minimum absolute atomic E-state index is 0.0482. The molecule has 0 saturated carbocycles. The molecule has 0 atom stereocenters. The van der Waals surface area contributed by atoms with E-state index < -0.39 is 11.9 Å².